The lowest BCUT2D eigenvalue weighted by atomic mass is 9.98. The number of ether oxygens (including phenoxy) is 2. The molecule has 0 bridgehead atoms. The number of hydrogen-bond donors (Lipinski definition) is 0. The standard InChI is InChI=1S/C26H25N3O3/c1-2-31-25(19-8-4-3-5-9-19)20-11-12-23-21(16-20)17-29(14-15-32-23)26(30)22-18-28-13-7-6-10-24(28)27-22/h3-13,16,18,25H,2,14-15,17H2,1H3/t25-/m1/s1. The van der Waals surface area contributed by atoms with Crippen molar-refractivity contribution in [3.63, 3.8) is 0 Å². The molecule has 0 saturated heterocycles. The van der Waals surface area contributed by atoms with Gasteiger partial charge in [-0.2, -0.15) is 0 Å². The van der Waals surface area contributed by atoms with Gasteiger partial charge in [-0.15, -0.1) is 0 Å². The minimum atomic E-state index is -0.169. The van der Waals surface area contributed by atoms with Gasteiger partial charge in [-0.05, 0) is 42.3 Å². The minimum Gasteiger partial charge on any atom is -0.491 e. The van der Waals surface area contributed by atoms with E-state index in [2.05, 4.69) is 23.2 Å². The molecule has 0 unspecified atom stereocenters. The molecule has 1 amide bonds. The van der Waals surface area contributed by atoms with Crippen LogP contribution in [-0.4, -0.2) is 40.0 Å². The number of pyridine rings is 1. The van der Waals surface area contributed by atoms with Gasteiger partial charge in [0.1, 0.15) is 29.8 Å². The van der Waals surface area contributed by atoms with Crippen molar-refractivity contribution < 1.29 is 14.3 Å². The van der Waals surface area contributed by atoms with Crippen LogP contribution in [0.4, 0.5) is 0 Å². The Morgan fingerprint density at radius 2 is 1.94 bits per heavy atom. The van der Waals surface area contributed by atoms with Gasteiger partial charge in [0.2, 0.25) is 0 Å². The topological polar surface area (TPSA) is 56.1 Å². The Balaban J connectivity index is 1.44. The van der Waals surface area contributed by atoms with Crippen molar-refractivity contribution in [2.45, 2.75) is 19.6 Å². The fourth-order valence-electron chi connectivity index (χ4n) is 4.13. The molecular weight excluding hydrogens is 402 g/mol. The Morgan fingerprint density at radius 3 is 2.75 bits per heavy atom. The molecule has 0 fully saturated rings. The molecule has 0 N–H and O–H groups in total. The average molecular weight is 428 g/mol. The molecule has 3 heterocycles. The average Bonchev–Trinajstić information content (AvgIpc) is 3.15. The fourth-order valence-corrected chi connectivity index (χ4v) is 4.13. The number of imidazole rings is 1. The maximum Gasteiger partial charge on any atom is 0.274 e. The van der Waals surface area contributed by atoms with Crippen LogP contribution in [0.1, 0.15) is 40.2 Å². The first-order valence-electron chi connectivity index (χ1n) is 10.9. The van der Waals surface area contributed by atoms with E-state index >= 15 is 0 Å². The molecule has 1 atom stereocenters. The third kappa shape index (κ3) is 3.97. The van der Waals surface area contributed by atoms with E-state index < -0.39 is 0 Å². The zero-order chi connectivity index (χ0) is 21.9. The summed E-state index contributed by atoms with van der Waals surface area (Å²) >= 11 is 0. The lowest BCUT2D eigenvalue weighted by Crippen LogP contribution is -2.32. The van der Waals surface area contributed by atoms with Crippen molar-refractivity contribution in [3.8, 4) is 5.75 Å². The number of fused-ring (bicyclic) bond motifs is 2. The maximum absolute atomic E-state index is 13.2. The van der Waals surface area contributed by atoms with E-state index in [-0.39, 0.29) is 12.0 Å². The zero-order valence-electron chi connectivity index (χ0n) is 18.0. The second-order valence-electron chi connectivity index (χ2n) is 7.78. The number of hydrogen-bond acceptors (Lipinski definition) is 4. The van der Waals surface area contributed by atoms with Crippen LogP contribution in [-0.2, 0) is 11.3 Å². The summed E-state index contributed by atoms with van der Waals surface area (Å²) in [6.07, 6.45) is 3.50. The highest BCUT2D eigenvalue weighted by Gasteiger charge is 2.24. The van der Waals surface area contributed by atoms with E-state index in [1.807, 2.05) is 66.1 Å². The number of aromatic nitrogens is 2. The van der Waals surface area contributed by atoms with Crippen molar-refractivity contribution in [1.29, 1.82) is 0 Å². The fraction of sp³-hybridized carbons (Fsp3) is 0.231. The maximum atomic E-state index is 13.2. The van der Waals surface area contributed by atoms with Crippen LogP contribution >= 0.6 is 0 Å². The molecule has 162 valence electrons. The number of rotatable bonds is 5. The van der Waals surface area contributed by atoms with Gasteiger partial charge in [-0.3, -0.25) is 4.79 Å². The van der Waals surface area contributed by atoms with Gasteiger partial charge in [-0.1, -0.05) is 42.5 Å². The van der Waals surface area contributed by atoms with E-state index in [1.165, 1.54) is 0 Å². The summed E-state index contributed by atoms with van der Waals surface area (Å²) in [5, 5.41) is 0. The Labute approximate surface area is 187 Å². The molecule has 6 heteroatoms. The summed E-state index contributed by atoms with van der Waals surface area (Å²) < 4.78 is 13.9. The van der Waals surface area contributed by atoms with Gasteiger partial charge in [0.05, 0.1) is 6.54 Å². The predicted molar refractivity (Wildman–Crippen MR) is 122 cm³/mol. The quantitative estimate of drug-likeness (QED) is 0.471. The first-order valence-corrected chi connectivity index (χ1v) is 10.9. The number of carbonyl (C=O) groups excluding carboxylic acids is 1. The smallest absolute Gasteiger partial charge is 0.274 e. The van der Waals surface area contributed by atoms with Crippen molar-refractivity contribution in [3.05, 3.63) is 102 Å². The third-order valence-electron chi connectivity index (χ3n) is 5.67. The second kappa shape index (κ2) is 8.85. The molecule has 5 rings (SSSR count). The predicted octanol–water partition coefficient (Wildman–Crippen LogP) is 4.50. The highest BCUT2D eigenvalue weighted by Crippen LogP contribution is 2.32. The van der Waals surface area contributed by atoms with Gasteiger partial charge in [0, 0.05) is 31.1 Å². The Morgan fingerprint density at radius 1 is 1.09 bits per heavy atom. The summed E-state index contributed by atoms with van der Waals surface area (Å²) in [4.78, 5) is 19.5. The van der Waals surface area contributed by atoms with Crippen LogP contribution in [0.15, 0.2) is 79.1 Å². The van der Waals surface area contributed by atoms with Crippen LogP contribution in [0.5, 0.6) is 5.75 Å². The molecule has 0 spiro atoms. The van der Waals surface area contributed by atoms with Crippen molar-refractivity contribution in [2.75, 3.05) is 19.8 Å². The number of carbonyl (C=O) groups is 1. The summed E-state index contributed by atoms with van der Waals surface area (Å²) in [5.74, 6) is 0.710. The molecule has 1 aliphatic rings. The molecule has 32 heavy (non-hydrogen) atoms. The van der Waals surface area contributed by atoms with Crippen LogP contribution in [0.2, 0.25) is 0 Å². The summed E-state index contributed by atoms with van der Waals surface area (Å²) in [5.41, 5.74) is 4.31. The monoisotopic (exact) mass is 427 g/mol. The van der Waals surface area contributed by atoms with Gasteiger partial charge in [0.25, 0.3) is 5.91 Å². The molecule has 0 aliphatic carbocycles. The highest BCUT2D eigenvalue weighted by molar-refractivity contribution is 5.93. The van der Waals surface area contributed by atoms with E-state index in [4.69, 9.17) is 9.47 Å². The van der Waals surface area contributed by atoms with Crippen LogP contribution < -0.4 is 4.74 Å². The zero-order valence-corrected chi connectivity index (χ0v) is 18.0. The first kappa shape index (κ1) is 20.3. The van der Waals surface area contributed by atoms with Crippen molar-refractivity contribution in [2.24, 2.45) is 0 Å². The molecule has 1 aliphatic heterocycles. The van der Waals surface area contributed by atoms with E-state index in [1.54, 1.807) is 11.1 Å². The van der Waals surface area contributed by atoms with E-state index in [0.717, 1.165) is 28.1 Å². The lowest BCUT2D eigenvalue weighted by molar-refractivity contribution is 0.0728. The van der Waals surface area contributed by atoms with Crippen molar-refractivity contribution >= 4 is 11.6 Å². The molecule has 0 saturated carbocycles. The van der Waals surface area contributed by atoms with Crippen molar-refractivity contribution in [1.82, 2.24) is 14.3 Å². The lowest BCUT2D eigenvalue weighted by Gasteiger charge is -2.21. The van der Waals surface area contributed by atoms with Gasteiger partial charge < -0.3 is 18.8 Å². The Hall–Kier alpha value is -3.64. The minimum absolute atomic E-state index is 0.0972. The number of nitrogens with zero attached hydrogens (tertiary/aromatic N) is 3. The van der Waals surface area contributed by atoms with Gasteiger partial charge in [0.15, 0.2) is 0 Å². The molecule has 6 nitrogen and oxygen atoms in total. The van der Waals surface area contributed by atoms with Gasteiger partial charge >= 0.3 is 0 Å². The molecule has 0 radical (unpaired) electrons. The molecule has 2 aromatic carbocycles. The summed E-state index contributed by atoms with van der Waals surface area (Å²) in [6.45, 7) is 4.01. The largest absolute Gasteiger partial charge is 0.491 e. The van der Waals surface area contributed by atoms with E-state index in [0.29, 0.717) is 32.0 Å². The second-order valence-corrected chi connectivity index (χ2v) is 7.78. The normalized spacial score (nSPS) is 14.5. The SMILES string of the molecule is CCO[C@H](c1ccccc1)c1ccc2c(c1)CN(C(=O)c1cn3ccccc3n1)CCO2. The summed E-state index contributed by atoms with van der Waals surface area (Å²) in [7, 11) is 0. The Kier molecular flexibility index (Phi) is 5.60. The molecule has 4 aromatic rings. The molecule has 2 aromatic heterocycles. The van der Waals surface area contributed by atoms with Gasteiger partial charge in [-0.25, -0.2) is 4.98 Å². The third-order valence-corrected chi connectivity index (χ3v) is 5.67. The summed E-state index contributed by atoms with van der Waals surface area (Å²) in [6, 6.07) is 22.0. The highest BCUT2D eigenvalue weighted by atomic mass is 16.5. The van der Waals surface area contributed by atoms with Crippen LogP contribution in [0, 0.1) is 0 Å². The number of amides is 1. The van der Waals surface area contributed by atoms with Crippen LogP contribution in [0.25, 0.3) is 5.65 Å². The molecular formula is C26H25N3O3. The Bertz CT molecular complexity index is 1200. The first-order chi connectivity index (χ1) is 15.7. The van der Waals surface area contributed by atoms with E-state index in [9.17, 15) is 4.79 Å². The van der Waals surface area contributed by atoms with Crippen LogP contribution in [0.3, 0.4) is 0 Å². The number of benzene rings is 2.